The molecule has 3 rings (SSSR count). The summed E-state index contributed by atoms with van der Waals surface area (Å²) in [5.74, 6) is 2.46. The van der Waals surface area contributed by atoms with Crippen LogP contribution in [-0.4, -0.2) is 15.2 Å². The van der Waals surface area contributed by atoms with E-state index in [0.29, 0.717) is 5.92 Å². The predicted octanol–water partition coefficient (Wildman–Crippen LogP) is 3.63. The van der Waals surface area contributed by atoms with Crippen LogP contribution in [0.15, 0.2) is 29.4 Å². The molecule has 0 spiro atoms. The van der Waals surface area contributed by atoms with Crippen LogP contribution in [0.5, 0.6) is 0 Å². The van der Waals surface area contributed by atoms with Crippen molar-refractivity contribution >= 4 is 23.4 Å². The van der Waals surface area contributed by atoms with Crippen molar-refractivity contribution < 1.29 is 0 Å². The van der Waals surface area contributed by atoms with Gasteiger partial charge in [-0.15, -0.1) is 5.10 Å². The number of benzene rings is 1. The number of thioether (sulfide) groups is 1. The summed E-state index contributed by atoms with van der Waals surface area (Å²) in [6.07, 6.45) is 2.48. The summed E-state index contributed by atoms with van der Waals surface area (Å²) in [5.41, 5.74) is 1.12. The average Bonchev–Trinajstić information content (AvgIpc) is 3.08. The van der Waals surface area contributed by atoms with Crippen LogP contribution < -0.4 is 0 Å². The molecule has 1 aliphatic rings. The number of halogens is 1. The average molecular weight is 266 g/mol. The molecule has 1 aromatic heterocycles. The van der Waals surface area contributed by atoms with Crippen LogP contribution in [-0.2, 0) is 5.75 Å². The zero-order valence-electron chi connectivity index (χ0n) is 9.19. The van der Waals surface area contributed by atoms with Gasteiger partial charge < -0.3 is 0 Å². The van der Waals surface area contributed by atoms with E-state index in [4.69, 9.17) is 11.6 Å². The maximum atomic E-state index is 6.09. The highest BCUT2D eigenvalue weighted by atomic mass is 35.5. The number of H-pyrrole nitrogens is 1. The molecule has 1 saturated carbocycles. The number of hydrogen-bond donors (Lipinski definition) is 1. The molecular weight excluding hydrogens is 254 g/mol. The quantitative estimate of drug-likeness (QED) is 0.859. The number of hydrogen-bond acceptors (Lipinski definition) is 3. The van der Waals surface area contributed by atoms with E-state index in [-0.39, 0.29) is 0 Å². The van der Waals surface area contributed by atoms with E-state index < -0.39 is 0 Å². The maximum Gasteiger partial charge on any atom is 0.208 e. The molecule has 3 nitrogen and oxygen atoms in total. The molecule has 0 aliphatic heterocycles. The van der Waals surface area contributed by atoms with Crippen molar-refractivity contribution in [3.8, 4) is 0 Å². The molecule has 1 fully saturated rings. The minimum absolute atomic E-state index is 0.622. The Morgan fingerprint density at radius 2 is 2.18 bits per heavy atom. The topological polar surface area (TPSA) is 41.6 Å². The second-order valence-corrected chi connectivity index (χ2v) is 5.51. The van der Waals surface area contributed by atoms with Crippen LogP contribution >= 0.6 is 23.4 Å². The summed E-state index contributed by atoms with van der Waals surface area (Å²) in [7, 11) is 0. The van der Waals surface area contributed by atoms with Gasteiger partial charge in [0, 0.05) is 16.7 Å². The van der Waals surface area contributed by atoms with E-state index in [1.54, 1.807) is 11.8 Å². The highest BCUT2D eigenvalue weighted by Gasteiger charge is 2.27. The molecule has 1 heterocycles. The van der Waals surface area contributed by atoms with E-state index in [1.807, 2.05) is 24.3 Å². The molecule has 0 unspecified atom stereocenters. The van der Waals surface area contributed by atoms with Gasteiger partial charge in [0.1, 0.15) is 5.82 Å². The van der Waals surface area contributed by atoms with Crippen LogP contribution in [0.25, 0.3) is 0 Å². The lowest BCUT2D eigenvalue weighted by Crippen LogP contribution is -1.83. The van der Waals surface area contributed by atoms with Gasteiger partial charge in [-0.25, -0.2) is 4.98 Å². The smallest absolute Gasteiger partial charge is 0.208 e. The Bertz CT molecular complexity index is 522. The lowest BCUT2D eigenvalue weighted by molar-refractivity contribution is 0.932. The van der Waals surface area contributed by atoms with Crippen LogP contribution in [0.1, 0.15) is 30.1 Å². The second kappa shape index (κ2) is 4.70. The zero-order chi connectivity index (χ0) is 11.7. The first-order valence-corrected chi connectivity index (χ1v) is 6.98. The van der Waals surface area contributed by atoms with Gasteiger partial charge in [0.15, 0.2) is 0 Å². The Labute approximate surface area is 109 Å². The maximum absolute atomic E-state index is 6.09. The Hall–Kier alpha value is -1.00. The summed E-state index contributed by atoms with van der Waals surface area (Å²) in [5, 5.41) is 8.83. The van der Waals surface area contributed by atoms with E-state index >= 15 is 0 Å². The van der Waals surface area contributed by atoms with Crippen molar-refractivity contribution in [2.45, 2.75) is 29.7 Å². The van der Waals surface area contributed by atoms with Gasteiger partial charge in [-0.05, 0) is 24.5 Å². The number of nitrogens with one attached hydrogen (secondary N) is 1. The molecule has 1 aliphatic carbocycles. The van der Waals surface area contributed by atoms with Crippen LogP contribution in [0.2, 0.25) is 5.02 Å². The lowest BCUT2D eigenvalue weighted by Gasteiger charge is -2.00. The van der Waals surface area contributed by atoms with Crippen molar-refractivity contribution in [3.63, 3.8) is 0 Å². The fourth-order valence-corrected chi connectivity index (χ4v) is 2.71. The zero-order valence-corrected chi connectivity index (χ0v) is 10.8. The summed E-state index contributed by atoms with van der Waals surface area (Å²) < 4.78 is 0. The molecule has 17 heavy (non-hydrogen) atoms. The van der Waals surface area contributed by atoms with Crippen LogP contribution in [0, 0.1) is 0 Å². The van der Waals surface area contributed by atoms with Gasteiger partial charge in [-0.1, -0.05) is 41.6 Å². The number of rotatable bonds is 4. The van der Waals surface area contributed by atoms with Crippen molar-refractivity contribution in [1.82, 2.24) is 15.2 Å². The summed E-state index contributed by atoms with van der Waals surface area (Å²) >= 11 is 7.71. The molecule has 5 heteroatoms. The Morgan fingerprint density at radius 3 is 2.94 bits per heavy atom. The van der Waals surface area contributed by atoms with Crippen LogP contribution in [0.3, 0.4) is 0 Å². The van der Waals surface area contributed by atoms with Crippen LogP contribution in [0.4, 0.5) is 0 Å². The third-order valence-electron chi connectivity index (χ3n) is 2.76. The van der Waals surface area contributed by atoms with Crippen molar-refractivity contribution in [2.24, 2.45) is 0 Å². The van der Waals surface area contributed by atoms with Gasteiger partial charge in [0.2, 0.25) is 5.16 Å². The van der Waals surface area contributed by atoms with E-state index in [2.05, 4.69) is 15.2 Å². The Morgan fingerprint density at radius 1 is 1.35 bits per heavy atom. The number of aromatic amines is 1. The monoisotopic (exact) mass is 265 g/mol. The lowest BCUT2D eigenvalue weighted by atomic mass is 10.2. The highest BCUT2D eigenvalue weighted by molar-refractivity contribution is 7.98. The van der Waals surface area contributed by atoms with Gasteiger partial charge in [-0.3, -0.25) is 5.10 Å². The first-order valence-electron chi connectivity index (χ1n) is 5.61. The minimum atomic E-state index is 0.622. The highest BCUT2D eigenvalue weighted by Crippen LogP contribution is 2.38. The molecule has 1 aromatic carbocycles. The molecule has 0 atom stereocenters. The standard InChI is InChI=1S/C12H12ClN3S/c13-10-4-2-1-3-9(10)7-17-12-14-11(15-16-12)8-5-6-8/h1-4,8H,5-7H2,(H,14,15,16). The fraction of sp³-hybridized carbons (Fsp3) is 0.333. The molecule has 1 N–H and O–H groups in total. The molecule has 0 saturated heterocycles. The first-order chi connectivity index (χ1) is 8.33. The third kappa shape index (κ3) is 2.64. The predicted molar refractivity (Wildman–Crippen MR) is 69.4 cm³/mol. The van der Waals surface area contributed by atoms with Crippen molar-refractivity contribution in [1.29, 1.82) is 0 Å². The Kier molecular flexibility index (Phi) is 3.07. The summed E-state index contributed by atoms with van der Waals surface area (Å²) in [4.78, 5) is 4.47. The van der Waals surface area contributed by atoms with Gasteiger partial charge in [0.05, 0.1) is 0 Å². The number of nitrogens with zero attached hydrogens (tertiary/aromatic N) is 2. The van der Waals surface area contributed by atoms with E-state index in [1.165, 1.54) is 12.8 Å². The molecule has 0 bridgehead atoms. The molecule has 88 valence electrons. The minimum Gasteiger partial charge on any atom is -0.262 e. The van der Waals surface area contributed by atoms with E-state index in [0.717, 1.165) is 27.3 Å². The number of aromatic nitrogens is 3. The second-order valence-electron chi connectivity index (χ2n) is 4.16. The third-order valence-corrected chi connectivity index (χ3v) is 4.03. The molecule has 0 radical (unpaired) electrons. The van der Waals surface area contributed by atoms with E-state index in [9.17, 15) is 0 Å². The van der Waals surface area contributed by atoms with Crippen molar-refractivity contribution in [3.05, 3.63) is 40.7 Å². The normalized spacial score (nSPS) is 15.1. The molecule has 0 amide bonds. The summed E-state index contributed by atoms with van der Waals surface area (Å²) in [6.45, 7) is 0. The first kappa shape index (κ1) is 11.1. The van der Waals surface area contributed by atoms with Gasteiger partial charge in [-0.2, -0.15) is 0 Å². The SMILES string of the molecule is Clc1ccccc1CSc1n[nH]c(C2CC2)n1. The van der Waals surface area contributed by atoms with Crippen molar-refractivity contribution in [2.75, 3.05) is 0 Å². The Balaban J connectivity index is 1.65. The largest absolute Gasteiger partial charge is 0.262 e. The molecule has 2 aromatic rings. The van der Waals surface area contributed by atoms with Gasteiger partial charge >= 0.3 is 0 Å². The molecular formula is C12H12ClN3S. The fourth-order valence-electron chi connectivity index (χ4n) is 1.62. The summed E-state index contributed by atoms with van der Waals surface area (Å²) in [6, 6.07) is 7.87. The van der Waals surface area contributed by atoms with Gasteiger partial charge in [0.25, 0.3) is 0 Å².